The van der Waals surface area contributed by atoms with Crippen LogP contribution in [0, 0.1) is 0 Å². The van der Waals surface area contributed by atoms with E-state index in [0.717, 1.165) is 6.07 Å². The number of esters is 1. The number of hydrogen-bond donors (Lipinski definition) is 2. The molecule has 2 N–H and O–H groups in total. The molecule has 0 aromatic heterocycles. The minimum absolute atomic E-state index is 0.175. The number of phenolic OH excluding ortho intramolecular Hbond substituents is 2. The van der Waals surface area contributed by atoms with Gasteiger partial charge in [0.2, 0.25) is 0 Å². The Bertz CT molecular complexity index is 452. The van der Waals surface area contributed by atoms with Crippen molar-refractivity contribution in [2.75, 3.05) is 20.7 Å². The third kappa shape index (κ3) is 4.50. The summed E-state index contributed by atoms with van der Waals surface area (Å²) in [5.74, 6) is -1.01. The Labute approximate surface area is 111 Å². The molecule has 6 nitrogen and oxygen atoms in total. The molecule has 0 saturated carbocycles. The van der Waals surface area contributed by atoms with E-state index < -0.39 is 0 Å². The van der Waals surface area contributed by atoms with Crippen LogP contribution < -0.4 is 0 Å². The van der Waals surface area contributed by atoms with Crippen molar-refractivity contribution in [3.63, 3.8) is 0 Å². The Balaban J connectivity index is 2.59. The maximum Gasteiger partial charge on any atom is 0.305 e. The molecule has 0 spiro atoms. The molecule has 0 atom stereocenters. The summed E-state index contributed by atoms with van der Waals surface area (Å²) in [6.07, 6.45) is 0.721. The fraction of sp³-hybridized carbons (Fsp3) is 0.385. The molecule has 0 aliphatic heterocycles. The number of amides is 1. The van der Waals surface area contributed by atoms with Crippen LogP contribution in [0.25, 0.3) is 0 Å². The Kier molecular flexibility index (Phi) is 5.17. The molecule has 104 valence electrons. The summed E-state index contributed by atoms with van der Waals surface area (Å²) in [5.41, 5.74) is 0.193. The lowest BCUT2D eigenvalue weighted by Crippen LogP contribution is -2.28. The van der Waals surface area contributed by atoms with Gasteiger partial charge in [0.1, 0.15) is 11.5 Å². The van der Waals surface area contributed by atoms with Crippen LogP contribution in [0.1, 0.15) is 23.2 Å². The van der Waals surface area contributed by atoms with Gasteiger partial charge < -0.3 is 19.8 Å². The number of carbonyl (C=O) groups is 2. The summed E-state index contributed by atoms with van der Waals surface area (Å²) in [6, 6.07) is 3.70. The topological polar surface area (TPSA) is 87.1 Å². The van der Waals surface area contributed by atoms with Gasteiger partial charge in [0.15, 0.2) is 0 Å². The highest BCUT2D eigenvalue weighted by Gasteiger charge is 2.13. The highest BCUT2D eigenvalue weighted by molar-refractivity contribution is 5.94. The number of rotatable bonds is 5. The normalized spacial score (nSPS) is 10.0. The monoisotopic (exact) mass is 267 g/mol. The smallest absolute Gasteiger partial charge is 0.305 e. The standard InChI is InChI=1S/C13H17NO5/c1-14(5-3-4-12(17)19-2)13(18)9-6-10(15)8-11(16)7-9/h6-8,15-16H,3-5H2,1-2H3. The van der Waals surface area contributed by atoms with Crippen molar-refractivity contribution < 1.29 is 24.5 Å². The van der Waals surface area contributed by atoms with E-state index in [-0.39, 0.29) is 35.4 Å². The molecule has 1 aromatic carbocycles. The average Bonchev–Trinajstić information content (AvgIpc) is 2.36. The molecule has 1 rings (SSSR count). The number of methoxy groups -OCH3 is 1. The summed E-state index contributed by atoms with van der Waals surface area (Å²) in [5, 5.41) is 18.6. The molecule has 0 heterocycles. The van der Waals surface area contributed by atoms with Crippen molar-refractivity contribution in [1.29, 1.82) is 0 Å². The Morgan fingerprint density at radius 1 is 1.21 bits per heavy atom. The van der Waals surface area contributed by atoms with Crippen LogP contribution in [-0.4, -0.2) is 47.7 Å². The summed E-state index contributed by atoms with van der Waals surface area (Å²) in [4.78, 5) is 24.3. The Morgan fingerprint density at radius 2 is 1.79 bits per heavy atom. The largest absolute Gasteiger partial charge is 0.508 e. The van der Waals surface area contributed by atoms with E-state index >= 15 is 0 Å². The zero-order valence-corrected chi connectivity index (χ0v) is 10.9. The van der Waals surface area contributed by atoms with Gasteiger partial charge in [0.05, 0.1) is 7.11 Å². The number of phenols is 2. The molecule has 0 aliphatic carbocycles. The lowest BCUT2D eigenvalue weighted by atomic mass is 10.1. The zero-order chi connectivity index (χ0) is 14.4. The predicted molar refractivity (Wildman–Crippen MR) is 68.0 cm³/mol. The highest BCUT2D eigenvalue weighted by Crippen LogP contribution is 2.21. The average molecular weight is 267 g/mol. The molecule has 1 aromatic rings. The van der Waals surface area contributed by atoms with Gasteiger partial charge >= 0.3 is 5.97 Å². The van der Waals surface area contributed by atoms with Crippen LogP contribution >= 0.6 is 0 Å². The van der Waals surface area contributed by atoms with Crippen molar-refractivity contribution in [2.45, 2.75) is 12.8 Å². The number of hydrogen-bond acceptors (Lipinski definition) is 5. The van der Waals surface area contributed by atoms with E-state index in [2.05, 4.69) is 4.74 Å². The van der Waals surface area contributed by atoms with Crippen molar-refractivity contribution >= 4 is 11.9 Å². The second-order valence-electron chi connectivity index (χ2n) is 4.14. The number of carbonyl (C=O) groups excluding carboxylic acids is 2. The summed E-state index contributed by atoms with van der Waals surface area (Å²) >= 11 is 0. The van der Waals surface area contributed by atoms with E-state index in [1.54, 1.807) is 7.05 Å². The zero-order valence-electron chi connectivity index (χ0n) is 10.9. The van der Waals surface area contributed by atoms with E-state index in [0.29, 0.717) is 13.0 Å². The molecule has 0 unspecified atom stereocenters. The number of nitrogens with zero attached hydrogens (tertiary/aromatic N) is 1. The van der Waals surface area contributed by atoms with Gasteiger partial charge in [0, 0.05) is 31.6 Å². The summed E-state index contributed by atoms with van der Waals surface area (Å²) in [6.45, 7) is 0.379. The molecular weight excluding hydrogens is 250 g/mol. The van der Waals surface area contributed by atoms with Gasteiger partial charge in [-0.1, -0.05) is 0 Å². The summed E-state index contributed by atoms with van der Waals surface area (Å²) in [7, 11) is 2.90. The van der Waals surface area contributed by atoms with Gasteiger partial charge in [0.25, 0.3) is 5.91 Å². The summed E-state index contributed by atoms with van der Waals surface area (Å²) < 4.78 is 4.50. The fourth-order valence-corrected chi connectivity index (χ4v) is 1.60. The van der Waals surface area contributed by atoms with Gasteiger partial charge in [-0.05, 0) is 18.6 Å². The van der Waals surface area contributed by atoms with Crippen LogP contribution in [0.2, 0.25) is 0 Å². The second kappa shape index (κ2) is 6.63. The second-order valence-corrected chi connectivity index (χ2v) is 4.14. The van der Waals surface area contributed by atoms with Gasteiger partial charge in [-0.15, -0.1) is 0 Å². The molecule has 0 fully saturated rings. The van der Waals surface area contributed by atoms with Gasteiger partial charge in [-0.2, -0.15) is 0 Å². The number of benzene rings is 1. The lowest BCUT2D eigenvalue weighted by Gasteiger charge is -2.17. The van der Waals surface area contributed by atoms with Crippen molar-refractivity contribution in [2.24, 2.45) is 0 Å². The minimum atomic E-state index is -0.337. The fourth-order valence-electron chi connectivity index (χ4n) is 1.60. The predicted octanol–water partition coefficient (Wildman–Crippen LogP) is 1.12. The minimum Gasteiger partial charge on any atom is -0.508 e. The first-order valence-corrected chi connectivity index (χ1v) is 5.79. The van der Waals surface area contributed by atoms with E-state index in [4.69, 9.17) is 0 Å². The van der Waals surface area contributed by atoms with Crippen LogP contribution in [0.5, 0.6) is 11.5 Å². The van der Waals surface area contributed by atoms with Gasteiger partial charge in [-0.3, -0.25) is 9.59 Å². The number of aromatic hydroxyl groups is 2. The molecule has 0 saturated heterocycles. The molecule has 19 heavy (non-hydrogen) atoms. The first kappa shape index (κ1) is 14.8. The van der Waals surface area contributed by atoms with Crippen LogP contribution in [-0.2, 0) is 9.53 Å². The first-order valence-electron chi connectivity index (χ1n) is 5.79. The molecule has 0 bridgehead atoms. The first-order chi connectivity index (χ1) is 8.93. The molecule has 6 heteroatoms. The molecule has 0 aliphatic rings. The number of ether oxygens (including phenoxy) is 1. The molecule has 0 radical (unpaired) electrons. The maximum absolute atomic E-state index is 12.0. The van der Waals surface area contributed by atoms with E-state index in [1.165, 1.54) is 24.1 Å². The van der Waals surface area contributed by atoms with Crippen LogP contribution in [0.3, 0.4) is 0 Å². The Hall–Kier alpha value is -2.24. The lowest BCUT2D eigenvalue weighted by molar-refractivity contribution is -0.140. The van der Waals surface area contributed by atoms with Gasteiger partial charge in [-0.25, -0.2) is 0 Å². The van der Waals surface area contributed by atoms with Crippen LogP contribution in [0.4, 0.5) is 0 Å². The van der Waals surface area contributed by atoms with E-state index in [9.17, 15) is 19.8 Å². The van der Waals surface area contributed by atoms with Crippen molar-refractivity contribution in [1.82, 2.24) is 4.90 Å². The SMILES string of the molecule is COC(=O)CCCN(C)C(=O)c1cc(O)cc(O)c1. The third-order valence-corrected chi connectivity index (χ3v) is 2.60. The van der Waals surface area contributed by atoms with Crippen molar-refractivity contribution in [3.05, 3.63) is 23.8 Å². The van der Waals surface area contributed by atoms with E-state index in [1.807, 2.05) is 0 Å². The Morgan fingerprint density at radius 3 is 2.32 bits per heavy atom. The quantitative estimate of drug-likeness (QED) is 0.781. The molecular formula is C13H17NO5. The highest BCUT2D eigenvalue weighted by atomic mass is 16.5. The third-order valence-electron chi connectivity index (χ3n) is 2.60. The molecule has 1 amide bonds. The maximum atomic E-state index is 12.0. The van der Waals surface area contributed by atoms with Crippen molar-refractivity contribution in [3.8, 4) is 11.5 Å². The van der Waals surface area contributed by atoms with Crippen LogP contribution in [0.15, 0.2) is 18.2 Å².